The SMILES string of the molecule is Cl.NCCc1nnc(S)s1. The molecule has 0 aliphatic rings. The van der Waals surface area contributed by atoms with E-state index in [0.717, 1.165) is 11.4 Å². The van der Waals surface area contributed by atoms with Crippen molar-refractivity contribution < 1.29 is 0 Å². The summed E-state index contributed by atoms with van der Waals surface area (Å²) in [6.45, 7) is 0.627. The summed E-state index contributed by atoms with van der Waals surface area (Å²) in [4.78, 5) is 0. The molecule has 0 amide bonds. The van der Waals surface area contributed by atoms with Crippen LogP contribution < -0.4 is 5.73 Å². The smallest absolute Gasteiger partial charge is 0.171 e. The van der Waals surface area contributed by atoms with Crippen LogP contribution in [0, 0.1) is 0 Å². The zero-order chi connectivity index (χ0) is 6.69. The zero-order valence-electron chi connectivity index (χ0n) is 5.15. The van der Waals surface area contributed by atoms with Gasteiger partial charge in [-0.1, -0.05) is 11.3 Å². The van der Waals surface area contributed by atoms with Gasteiger partial charge < -0.3 is 5.73 Å². The Morgan fingerprint density at radius 3 is 2.60 bits per heavy atom. The molecule has 58 valence electrons. The van der Waals surface area contributed by atoms with Gasteiger partial charge in [-0.15, -0.1) is 35.2 Å². The number of nitrogens with zero attached hydrogens (tertiary/aromatic N) is 2. The van der Waals surface area contributed by atoms with E-state index in [-0.39, 0.29) is 12.4 Å². The molecule has 0 aliphatic heterocycles. The summed E-state index contributed by atoms with van der Waals surface area (Å²) in [5, 5.41) is 8.49. The van der Waals surface area contributed by atoms with E-state index in [4.69, 9.17) is 5.73 Å². The summed E-state index contributed by atoms with van der Waals surface area (Å²) < 4.78 is 0.707. The zero-order valence-corrected chi connectivity index (χ0v) is 7.68. The van der Waals surface area contributed by atoms with Crippen LogP contribution in [0.1, 0.15) is 5.01 Å². The Kier molecular flexibility index (Phi) is 4.98. The van der Waals surface area contributed by atoms with Gasteiger partial charge in [-0.2, -0.15) is 0 Å². The Morgan fingerprint density at radius 1 is 1.50 bits per heavy atom. The lowest BCUT2D eigenvalue weighted by Gasteiger charge is -1.83. The third-order valence-electron chi connectivity index (χ3n) is 0.814. The highest BCUT2D eigenvalue weighted by atomic mass is 35.5. The average Bonchev–Trinajstić information content (AvgIpc) is 2.17. The van der Waals surface area contributed by atoms with E-state index in [1.807, 2.05) is 0 Å². The maximum absolute atomic E-state index is 5.28. The Hall–Kier alpha value is 0.160. The lowest BCUT2D eigenvalue weighted by atomic mass is 10.5. The van der Waals surface area contributed by atoms with Crippen LogP contribution in [0.15, 0.2) is 4.34 Å². The Bertz CT molecular complexity index is 190. The highest BCUT2D eigenvalue weighted by Gasteiger charge is 1.96. The average molecular weight is 198 g/mol. The van der Waals surface area contributed by atoms with Crippen LogP contribution in [-0.4, -0.2) is 16.7 Å². The van der Waals surface area contributed by atoms with Gasteiger partial charge in [0.25, 0.3) is 0 Å². The maximum Gasteiger partial charge on any atom is 0.171 e. The topological polar surface area (TPSA) is 51.8 Å². The number of hydrogen-bond donors (Lipinski definition) is 2. The Morgan fingerprint density at radius 2 is 2.20 bits per heavy atom. The molecule has 0 saturated carbocycles. The highest BCUT2D eigenvalue weighted by Crippen LogP contribution is 2.12. The van der Waals surface area contributed by atoms with Crippen LogP contribution in [0.3, 0.4) is 0 Å². The largest absolute Gasteiger partial charge is 0.330 e. The standard InChI is InChI=1S/C4H7N3S2.ClH/c5-2-1-3-6-7-4(8)9-3;/h1-2,5H2,(H,7,8);1H. The fourth-order valence-electron chi connectivity index (χ4n) is 0.469. The van der Waals surface area contributed by atoms with Gasteiger partial charge >= 0.3 is 0 Å². The minimum Gasteiger partial charge on any atom is -0.330 e. The van der Waals surface area contributed by atoms with Crippen LogP contribution in [0.25, 0.3) is 0 Å². The van der Waals surface area contributed by atoms with Gasteiger partial charge in [-0.25, -0.2) is 0 Å². The van der Waals surface area contributed by atoms with E-state index in [2.05, 4.69) is 22.8 Å². The van der Waals surface area contributed by atoms with Gasteiger partial charge in [0.05, 0.1) is 0 Å². The normalized spacial score (nSPS) is 9.00. The van der Waals surface area contributed by atoms with Crippen LogP contribution in [0.2, 0.25) is 0 Å². The second-order valence-electron chi connectivity index (χ2n) is 1.52. The van der Waals surface area contributed by atoms with Crippen molar-refractivity contribution in [3.05, 3.63) is 5.01 Å². The van der Waals surface area contributed by atoms with Crippen molar-refractivity contribution in [3.63, 3.8) is 0 Å². The van der Waals surface area contributed by atoms with E-state index < -0.39 is 0 Å². The van der Waals surface area contributed by atoms with Crippen molar-refractivity contribution in [1.82, 2.24) is 10.2 Å². The van der Waals surface area contributed by atoms with E-state index in [1.165, 1.54) is 11.3 Å². The molecule has 0 bridgehead atoms. The molecule has 1 rings (SSSR count). The molecule has 2 N–H and O–H groups in total. The summed E-state index contributed by atoms with van der Waals surface area (Å²) in [6, 6.07) is 0. The molecule has 3 nitrogen and oxygen atoms in total. The molecule has 0 fully saturated rings. The minimum atomic E-state index is 0. The van der Waals surface area contributed by atoms with Crippen LogP contribution >= 0.6 is 36.4 Å². The molecule has 6 heteroatoms. The fourth-order valence-corrected chi connectivity index (χ4v) is 1.42. The molecule has 0 atom stereocenters. The van der Waals surface area contributed by atoms with Gasteiger partial charge in [0.1, 0.15) is 5.01 Å². The van der Waals surface area contributed by atoms with E-state index in [9.17, 15) is 0 Å². The van der Waals surface area contributed by atoms with E-state index in [1.54, 1.807) is 0 Å². The summed E-state index contributed by atoms with van der Waals surface area (Å²) in [5.41, 5.74) is 5.28. The van der Waals surface area contributed by atoms with Crippen molar-refractivity contribution in [2.24, 2.45) is 5.73 Å². The number of nitrogens with two attached hydrogens (primary N) is 1. The molecule has 10 heavy (non-hydrogen) atoms. The number of hydrogen-bond acceptors (Lipinski definition) is 5. The summed E-state index contributed by atoms with van der Waals surface area (Å²) >= 11 is 5.48. The van der Waals surface area contributed by atoms with Crippen molar-refractivity contribution in [2.75, 3.05) is 6.54 Å². The number of aromatic nitrogens is 2. The summed E-state index contributed by atoms with van der Waals surface area (Å²) in [7, 11) is 0. The number of halogens is 1. The molecule has 0 saturated heterocycles. The van der Waals surface area contributed by atoms with Crippen molar-refractivity contribution in [1.29, 1.82) is 0 Å². The van der Waals surface area contributed by atoms with E-state index >= 15 is 0 Å². The second-order valence-corrected chi connectivity index (χ2v) is 3.31. The van der Waals surface area contributed by atoms with Crippen LogP contribution in [0.4, 0.5) is 0 Å². The number of rotatable bonds is 2. The second kappa shape index (κ2) is 4.90. The van der Waals surface area contributed by atoms with Gasteiger partial charge in [-0.3, -0.25) is 0 Å². The monoisotopic (exact) mass is 197 g/mol. The molecular weight excluding hydrogens is 190 g/mol. The highest BCUT2D eigenvalue weighted by molar-refractivity contribution is 7.82. The fraction of sp³-hybridized carbons (Fsp3) is 0.500. The molecule has 0 aromatic carbocycles. The molecule has 0 radical (unpaired) electrons. The first kappa shape index (κ1) is 10.2. The summed E-state index contributed by atoms with van der Waals surface area (Å²) in [5.74, 6) is 0. The maximum atomic E-state index is 5.28. The van der Waals surface area contributed by atoms with Gasteiger partial charge in [-0.05, 0) is 6.54 Å². The lowest BCUT2D eigenvalue weighted by molar-refractivity contribution is 0.896. The van der Waals surface area contributed by atoms with Crippen LogP contribution in [0.5, 0.6) is 0 Å². The lowest BCUT2D eigenvalue weighted by Crippen LogP contribution is -2.01. The Labute approximate surface area is 74.9 Å². The first-order chi connectivity index (χ1) is 4.33. The first-order valence-corrected chi connectivity index (χ1v) is 3.80. The Balaban J connectivity index is 0.000000810. The van der Waals surface area contributed by atoms with Crippen molar-refractivity contribution in [2.45, 2.75) is 10.8 Å². The molecule has 0 unspecified atom stereocenters. The molecule has 1 aromatic rings. The van der Waals surface area contributed by atoms with Gasteiger partial charge in [0.2, 0.25) is 0 Å². The third-order valence-corrected chi connectivity index (χ3v) is 1.96. The first-order valence-electron chi connectivity index (χ1n) is 2.54. The molecule has 0 aliphatic carbocycles. The van der Waals surface area contributed by atoms with Crippen LogP contribution in [-0.2, 0) is 6.42 Å². The quantitative estimate of drug-likeness (QED) is 0.689. The van der Waals surface area contributed by atoms with Crippen molar-refractivity contribution >= 4 is 36.4 Å². The third kappa shape index (κ3) is 2.83. The molecule has 1 heterocycles. The predicted octanol–water partition coefficient (Wildman–Crippen LogP) is 0.750. The molecular formula is C4H8ClN3S2. The predicted molar refractivity (Wildman–Crippen MR) is 47.2 cm³/mol. The molecule has 1 aromatic heterocycles. The summed E-state index contributed by atoms with van der Waals surface area (Å²) in [6.07, 6.45) is 0.804. The van der Waals surface area contributed by atoms with E-state index in [0.29, 0.717) is 10.9 Å². The number of thiol groups is 1. The van der Waals surface area contributed by atoms with Gasteiger partial charge in [0, 0.05) is 6.42 Å². The molecule has 0 spiro atoms. The van der Waals surface area contributed by atoms with Crippen molar-refractivity contribution in [3.8, 4) is 0 Å². The van der Waals surface area contributed by atoms with Gasteiger partial charge in [0.15, 0.2) is 4.34 Å². The minimum absolute atomic E-state index is 0.